The number of piperazine rings is 1. The first-order chi connectivity index (χ1) is 13.6. The van der Waals surface area contributed by atoms with Crippen molar-refractivity contribution in [3.05, 3.63) is 28.7 Å². The summed E-state index contributed by atoms with van der Waals surface area (Å²) >= 11 is 3.41. The highest BCUT2D eigenvalue weighted by molar-refractivity contribution is 9.10. The van der Waals surface area contributed by atoms with Crippen molar-refractivity contribution < 1.29 is 19.4 Å². The highest BCUT2D eigenvalue weighted by atomic mass is 79.9. The zero-order valence-corrected chi connectivity index (χ0v) is 19.3. The summed E-state index contributed by atoms with van der Waals surface area (Å²) < 4.78 is 6.78. The number of carbonyl (C=O) groups excluding carboxylic acids is 1. The molecule has 0 bridgehead atoms. The first-order valence-electron chi connectivity index (χ1n) is 10.0. The van der Waals surface area contributed by atoms with Crippen LogP contribution in [0.4, 0.5) is 4.79 Å². The quantitative estimate of drug-likeness (QED) is 0.618. The van der Waals surface area contributed by atoms with Crippen LogP contribution in [0.2, 0.25) is 0 Å². The maximum Gasteiger partial charge on any atom is 0.408 e. The van der Waals surface area contributed by atoms with Gasteiger partial charge in [-0.1, -0.05) is 15.9 Å². The molecule has 7 nitrogen and oxygen atoms in total. The molecular formula is C21H32BrN3O4. The molecule has 0 aliphatic carbocycles. The van der Waals surface area contributed by atoms with E-state index in [1.807, 2.05) is 24.3 Å². The van der Waals surface area contributed by atoms with Crippen LogP contribution in [0.3, 0.4) is 0 Å². The number of carboxylic acid groups (broad SMARTS) is 1. The van der Waals surface area contributed by atoms with Crippen molar-refractivity contribution >= 4 is 27.9 Å². The molecule has 2 amide bonds. The van der Waals surface area contributed by atoms with Gasteiger partial charge in [0.2, 0.25) is 5.91 Å². The molecule has 0 aromatic heterocycles. The monoisotopic (exact) mass is 469 g/mol. The van der Waals surface area contributed by atoms with Crippen LogP contribution >= 0.6 is 15.9 Å². The Hall–Kier alpha value is -1.80. The largest absolute Gasteiger partial charge is 0.494 e. The molecular weight excluding hydrogens is 438 g/mol. The number of rotatable bonds is 7. The minimum absolute atomic E-state index is 0.124. The average Bonchev–Trinajstić information content (AvgIpc) is 2.65. The van der Waals surface area contributed by atoms with E-state index in [0.29, 0.717) is 19.7 Å². The Bertz CT molecular complexity index is 682. The van der Waals surface area contributed by atoms with Gasteiger partial charge in [0.05, 0.1) is 6.61 Å². The molecule has 1 aromatic carbocycles. The minimum Gasteiger partial charge on any atom is -0.494 e. The average molecular weight is 470 g/mol. The van der Waals surface area contributed by atoms with E-state index in [4.69, 9.17) is 4.74 Å². The molecule has 29 heavy (non-hydrogen) atoms. The fourth-order valence-corrected chi connectivity index (χ4v) is 3.87. The lowest BCUT2D eigenvalue weighted by Gasteiger charge is -2.41. The standard InChI is InChI=1S/C21H32BrN3O4/c1-16(25(20(27)28)21(2,3)4)19(26)24-13-11-23(12-14-24)10-5-15-29-18-8-6-17(22)7-9-18/h6-9,16H,5,10-15H2,1-4H3,(H,27,28)/t16-/m1/s1. The van der Waals surface area contributed by atoms with E-state index >= 15 is 0 Å². The number of amides is 2. The first kappa shape index (κ1) is 23.5. The normalized spacial score (nSPS) is 16.4. The van der Waals surface area contributed by atoms with Gasteiger partial charge < -0.3 is 14.7 Å². The van der Waals surface area contributed by atoms with Gasteiger partial charge in [-0.05, 0) is 58.4 Å². The van der Waals surface area contributed by atoms with Crippen LogP contribution in [0, 0.1) is 0 Å². The maximum atomic E-state index is 12.8. The number of ether oxygens (including phenoxy) is 1. The van der Waals surface area contributed by atoms with Gasteiger partial charge in [-0.15, -0.1) is 0 Å². The van der Waals surface area contributed by atoms with Crippen LogP contribution in [-0.4, -0.2) is 82.7 Å². The smallest absolute Gasteiger partial charge is 0.408 e. The molecule has 0 spiro atoms. The lowest BCUT2D eigenvalue weighted by Crippen LogP contribution is -2.59. The second-order valence-corrected chi connectivity index (χ2v) is 9.24. The van der Waals surface area contributed by atoms with E-state index in [-0.39, 0.29) is 5.91 Å². The summed E-state index contributed by atoms with van der Waals surface area (Å²) in [7, 11) is 0. The molecule has 1 N–H and O–H groups in total. The van der Waals surface area contributed by atoms with Crippen molar-refractivity contribution in [3.8, 4) is 5.75 Å². The Balaban J connectivity index is 1.74. The van der Waals surface area contributed by atoms with Crippen molar-refractivity contribution in [2.45, 2.75) is 45.7 Å². The van der Waals surface area contributed by atoms with E-state index < -0.39 is 17.7 Å². The Morgan fingerprint density at radius 2 is 1.76 bits per heavy atom. The van der Waals surface area contributed by atoms with Gasteiger partial charge in [0.25, 0.3) is 0 Å². The maximum absolute atomic E-state index is 12.8. The van der Waals surface area contributed by atoms with E-state index in [9.17, 15) is 14.7 Å². The fraction of sp³-hybridized carbons (Fsp3) is 0.619. The van der Waals surface area contributed by atoms with Gasteiger partial charge >= 0.3 is 6.09 Å². The van der Waals surface area contributed by atoms with Gasteiger partial charge in [-0.3, -0.25) is 14.6 Å². The first-order valence-corrected chi connectivity index (χ1v) is 10.8. The molecule has 0 unspecified atom stereocenters. The topological polar surface area (TPSA) is 73.3 Å². The minimum atomic E-state index is -1.07. The van der Waals surface area contributed by atoms with E-state index in [2.05, 4.69) is 20.8 Å². The third-order valence-electron chi connectivity index (χ3n) is 5.06. The highest BCUT2D eigenvalue weighted by Gasteiger charge is 2.37. The van der Waals surface area contributed by atoms with Crippen LogP contribution in [0.1, 0.15) is 34.1 Å². The van der Waals surface area contributed by atoms with E-state index in [1.165, 1.54) is 4.90 Å². The molecule has 8 heteroatoms. The van der Waals surface area contributed by atoms with Crippen LogP contribution in [0.15, 0.2) is 28.7 Å². The number of hydrogen-bond acceptors (Lipinski definition) is 4. The molecule has 1 heterocycles. The molecule has 162 valence electrons. The van der Waals surface area contributed by atoms with Crippen molar-refractivity contribution in [1.82, 2.24) is 14.7 Å². The number of benzene rings is 1. The summed E-state index contributed by atoms with van der Waals surface area (Å²) in [5.41, 5.74) is -0.627. The molecule has 1 aliphatic rings. The third kappa shape index (κ3) is 6.89. The van der Waals surface area contributed by atoms with Gasteiger partial charge in [0.1, 0.15) is 11.8 Å². The molecule has 0 saturated carbocycles. The number of halogens is 1. The van der Waals surface area contributed by atoms with Gasteiger partial charge in [0, 0.05) is 42.7 Å². The SMILES string of the molecule is C[C@H](C(=O)N1CCN(CCCOc2ccc(Br)cc2)CC1)N(C(=O)O)C(C)(C)C. The number of hydrogen-bond donors (Lipinski definition) is 1. The van der Waals surface area contributed by atoms with E-state index in [1.54, 1.807) is 32.6 Å². The summed E-state index contributed by atoms with van der Waals surface area (Å²) in [6, 6.07) is 7.09. The molecule has 1 fully saturated rings. The fourth-order valence-electron chi connectivity index (χ4n) is 3.61. The molecule has 2 rings (SSSR count). The van der Waals surface area contributed by atoms with Crippen molar-refractivity contribution in [1.29, 1.82) is 0 Å². The van der Waals surface area contributed by atoms with Crippen LogP contribution < -0.4 is 4.74 Å². The van der Waals surface area contributed by atoms with E-state index in [0.717, 1.165) is 36.3 Å². The van der Waals surface area contributed by atoms with Gasteiger partial charge in [-0.2, -0.15) is 0 Å². The summed E-state index contributed by atoms with van der Waals surface area (Å²) in [4.78, 5) is 29.8. The van der Waals surface area contributed by atoms with Crippen LogP contribution in [0.5, 0.6) is 5.75 Å². The third-order valence-corrected chi connectivity index (χ3v) is 5.59. The highest BCUT2D eigenvalue weighted by Crippen LogP contribution is 2.20. The summed E-state index contributed by atoms with van der Waals surface area (Å²) in [5, 5.41) is 9.52. The van der Waals surface area contributed by atoms with Crippen molar-refractivity contribution in [2.24, 2.45) is 0 Å². The zero-order chi connectivity index (χ0) is 21.6. The number of carbonyl (C=O) groups is 2. The molecule has 1 saturated heterocycles. The second-order valence-electron chi connectivity index (χ2n) is 8.32. The van der Waals surface area contributed by atoms with Crippen LogP contribution in [-0.2, 0) is 4.79 Å². The Kier molecular flexibility index (Phi) is 8.34. The Morgan fingerprint density at radius 1 is 1.17 bits per heavy atom. The Morgan fingerprint density at radius 3 is 2.28 bits per heavy atom. The van der Waals surface area contributed by atoms with Crippen molar-refractivity contribution in [2.75, 3.05) is 39.3 Å². The zero-order valence-electron chi connectivity index (χ0n) is 17.7. The van der Waals surface area contributed by atoms with Crippen LogP contribution in [0.25, 0.3) is 0 Å². The molecule has 1 aliphatic heterocycles. The van der Waals surface area contributed by atoms with Crippen molar-refractivity contribution in [3.63, 3.8) is 0 Å². The molecule has 1 aromatic rings. The Labute approximate surface area is 181 Å². The molecule has 1 atom stereocenters. The predicted molar refractivity (Wildman–Crippen MR) is 116 cm³/mol. The van der Waals surface area contributed by atoms with Gasteiger partial charge in [-0.25, -0.2) is 4.79 Å². The van der Waals surface area contributed by atoms with Gasteiger partial charge in [0.15, 0.2) is 0 Å². The second kappa shape index (κ2) is 10.3. The lowest BCUT2D eigenvalue weighted by atomic mass is 10.0. The molecule has 0 radical (unpaired) electrons. The summed E-state index contributed by atoms with van der Waals surface area (Å²) in [6.07, 6.45) is -0.153. The number of nitrogens with zero attached hydrogens (tertiary/aromatic N) is 3. The summed E-state index contributed by atoms with van der Waals surface area (Å²) in [5.74, 6) is 0.736. The predicted octanol–water partition coefficient (Wildman–Crippen LogP) is 3.53. The summed E-state index contributed by atoms with van der Waals surface area (Å²) in [6.45, 7) is 11.5. The lowest BCUT2D eigenvalue weighted by molar-refractivity contribution is -0.139.